The van der Waals surface area contributed by atoms with Crippen LogP contribution in [-0.4, -0.2) is 39.7 Å². The van der Waals surface area contributed by atoms with E-state index in [-0.39, 0.29) is 22.8 Å². The van der Waals surface area contributed by atoms with E-state index < -0.39 is 6.43 Å². The van der Waals surface area contributed by atoms with Crippen LogP contribution in [0.1, 0.15) is 63.0 Å². The molecule has 0 unspecified atom stereocenters. The summed E-state index contributed by atoms with van der Waals surface area (Å²) in [5.41, 5.74) is 1.44. The lowest BCUT2D eigenvalue weighted by Crippen LogP contribution is -2.06. The van der Waals surface area contributed by atoms with Crippen molar-refractivity contribution < 1.29 is 8.78 Å². The predicted molar refractivity (Wildman–Crippen MR) is 105 cm³/mol. The molecular weight excluding hydrogens is 402 g/mol. The summed E-state index contributed by atoms with van der Waals surface area (Å²) in [5, 5.41) is 13.0. The maximum Gasteiger partial charge on any atom is 0.278 e. The number of aryl methyl sites for hydroxylation is 1. The molecule has 8 nitrogen and oxygen atoms in total. The van der Waals surface area contributed by atoms with Gasteiger partial charge in [0.2, 0.25) is 0 Å². The summed E-state index contributed by atoms with van der Waals surface area (Å²) in [6.45, 7) is 4.00. The third kappa shape index (κ3) is 3.35. The van der Waals surface area contributed by atoms with Crippen LogP contribution in [0, 0.1) is 0 Å². The van der Waals surface area contributed by atoms with Crippen LogP contribution in [0.25, 0.3) is 22.1 Å². The molecule has 0 amide bonds. The zero-order valence-electron chi connectivity index (χ0n) is 16.3. The number of tetrazole rings is 1. The monoisotopic (exact) mass is 422 g/mol. The summed E-state index contributed by atoms with van der Waals surface area (Å²) in [4.78, 5) is 13.1. The highest BCUT2D eigenvalue weighted by Gasteiger charge is 2.31. The predicted octanol–water partition coefficient (Wildman–Crippen LogP) is 4.56. The SMILES string of the molecule is CC.Cn1nnc([C@@H]2CC[C@H](n3cnc4c5[nH]c(C(F)F)cc5c(Cl)nc43)C2)n1. The molecule has 0 aliphatic heterocycles. The molecule has 1 N–H and O–H groups in total. The lowest BCUT2D eigenvalue weighted by atomic mass is 10.1. The summed E-state index contributed by atoms with van der Waals surface area (Å²) in [5.74, 6) is 0.958. The Kier molecular flexibility index (Phi) is 5.20. The highest BCUT2D eigenvalue weighted by atomic mass is 35.5. The van der Waals surface area contributed by atoms with Gasteiger partial charge in [-0.1, -0.05) is 25.4 Å². The molecule has 4 aromatic heterocycles. The van der Waals surface area contributed by atoms with E-state index in [1.54, 1.807) is 13.4 Å². The normalized spacial score (nSPS) is 19.3. The molecule has 0 radical (unpaired) electrons. The van der Waals surface area contributed by atoms with E-state index in [1.165, 1.54) is 10.9 Å². The average molecular weight is 423 g/mol. The topological polar surface area (TPSA) is 90.1 Å². The van der Waals surface area contributed by atoms with Crippen LogP contribution >= 0.6 is 11.6 Å². The van der Waals surface area contributed by atoms with Crippen LogP contribution in [0.2, 0.25) is 5.15 Å². The lowest BCUT2D eigenvalue weighted by Gasteiger charge is -2.12. The van der Waals surface area contributed by atoms with Gasteiger partial charge in [-0.05, 0) is 30.5 Å². The number of nitrogens with one attached hydrogen (secondary N) is 1. The van der Waals surface area contributed by atoms with Crippen molar-refractivity contribution in [3.05, 3.63) is 29.1 Å². The second kappa shape index (κ2) is 7.66. The summed E-state index contributed by atoms with van der Waals surface area (Å²) >= 11 is 6.27. The third-order valence-corrected chi connectivity index (χ3v) is 5.48. The molecule has 154 valence electrons. The van der Waals surface area contributed by atoms with E-state index in [1.807, 2.05) is 18.4 Å². The van der Waals surface area contributed by atoms with Crippen LogP contribution in [-0.2, 0) is 7.05 Å². The van der Waals surface area contributed by atoms with E-state index in [2.05, 4.69) is 30.4 Å². The number of pyridine rings is 1. The molecule has 4 aromatic rings. The van der Waals surface area contributed by atoms with Gasteiger partial charge in [-0.2, -0.15) is 4.80 Å². The number of alkyl halides is 2. The highest BCUT2D eigenvalue weighted by molar-refractivity contribution is 6.35. The van der Waals surface area contributed by atoms with Crippen molar-refractivity contribution in [2.75, 3.05) is 0 Å². The van der Waals surface area contributed by atoms with Gasteiger partial charge in [0.15, 0.2) is 11.5 Å². The Hall–Kier alpha value is -2.62. The molecule has 1 saturated carbocycles. The number of imidazole rings is 1. The van der Waals surface area contributed by atoms with Crippen molar-refractivity contribution >= 4 is 33.7 Å². The fraction of sp³-hybridized carbons (Fsp3) is 0.500. The molecule has 5 rings (SSSR count). The van der Waals surface area contributed by atoms with Crippen LogP contribution in [0.4, 0.5) is 8.78 Å². The molecular formula is C18H21ClF2N8. The largest absolute Gasteiger partial charge is 0.352 e. The minimum absolute atomic E-state index is 0.161. The van der Waals surface area contributed by atoms with Crippen molar-refractivity contribution in [1.29, 1.82) is 0 Å². The third-order valence-electron chi connectivity index (χ3n) is 5.19. The molecule has 4 heterocycles. The van der Waals surface area contributed by atoms with Gasteiger partial charge < -0.3 is 9.55 Å². The van der Waals surface area contributed by atoms with E-state index in [0.29, 0.717) is 22.1 Å². The molecule has 0 spiro atoms. The van der Waals surface area contributed by atoms with Crippen molar-refractivity contribution in [2.45, 2.75) is 51.5 Å². The van der Waals surface area contributed by atoms with E-state index in [9.17, 15) is 8.78 Å². The first kappa shape index (κ1) is 19.7. The number of H-pyrrole nitrogens is 1. The Labute approximate surface area is 170 Å². The zero-order valence-corrected chi connectivity index (χ0v) is 17.0. The van der Waals surface area contributed by atoms with Crippen LogP contribution in [0.3, 0.4) is 0 Å². The molecule has 0 bridgehead atoms. The number of hydrogen-bond acceptors (Lipinski definition) is 5. The molecule has 11 heteroatoms. The summed E-state index contributed by atoms with van der Waals surface area (Å²) in [7, 11) is 1.74. The molecule has 0 aromatic carbocycles. The smallest absolute Gasteiger partial charge is 0.278 e. The number of hydrogen-bond donors (Lipinski definition) is 1. The maximum atomic E-state index is 13.1. The zero-order chi connectivity index (χ0) is 20.7. The molecule has 2 atom stereocenters. The van der Waals surface area contributed by atoms with Gasteiger partial charge in [0.1, 0.15) is 10.7 Å². The second-order valence-corrected chi connectivity index (χ2v) is 7.20. The second-order valence-electron chi connectivity index (χ2n) is 6.84. The fourth-order valence-electron chi connectivity index (χ4n) is 3.91. The average Bonchev–Trinajstić information content (AvgIpc) is 3.47. The van der Waals surface area contributed by atoms with Crippen LogP contribution in [0.5, 0.6) is 0 Å². The van der Waals surface area contributed by atoms with Crippen molar-refractivity contribution in [3.63, 3.8) is 0 Å². The standard InChI is InChI=1S/C16H15ClF2N8.C2H6/c1-26-24-15(23-25-26)7-2-3-8(4-7)27-6-20-12-11-9(13(17)22-16(12)27)5-10(21-11)14(18)19;1-2/h5-8,14,21H,2-4H2,1H3;1-2H3/t7-,8+;/m1./s1. The number of aromatic nitrogens is 8. The summed E-state index contributed by atoms with van der Waals surface area (Å²) < 4.78 is 28.1. The Morgan fingerprint density at radius 1 is 1.28 bits per heavy atom. The Morgan fingerprint density at radius 3 is 2.76 bits per heavy atom. The number of aromatic amines is 1. The van der Waals surface area contributed by atoms with Gasteiger partial charge in [0, 0.05) is 17.3 Å². The van der Waals surface area contributed by atoms with E-state index >= 15 is 0 Å². The Morgan fingerprint density at radius 2 is 2.07 bits per heavy atom. The van der Waals surface area contributed by atoms with Gasteiger partial charge in [-0.25, -0.2) is 18.7 Å². The van der Waals surface area contributed by atoms with Crippen LogP contribution in [0.15, 0.2) is 12.4 Å². The van der Waals surface area contributed by atoms with Crippen molar-refractivity contribution in [2.24, 2.45) is 7.05 Å². The number of halogens is 3. The van der Waals surface area contributed by atoms with Crippen molar-refractivity contribution in [3.8, 4) is 0 Å². The molecule has 1 aliphatic carbocycles. The van der Waals surface area contributed by atoms with Gasteiger partial charge in [0.25, 0.3) is 6.43 Å². The number of fused-ring (bicyclic) bond motifs is 3. The Balaban J connectivity index is 0.000000994. The van der Waals surface area contributed by atoms with Crippen molar-refractivity contribution in [1.82, 2.24) is 39.7 Å². The number of nitrogens with zero attached hydrogens (tertiary/aromatic N) is 7. The molecule has 1 fully saturated rings. The first-order chi connectivity index (χ1) is 14.0. The number of rotatable bonds is 3. The molecule has 29 heavy (non-hydrogen) atoms. The van der Waals surface area contributed by atoms with E-state index in [4.69, 9.17) is 11.6 Å². The van der Waals surface area contributed by atoms with Crippen LogP contribution < -0.4 is 0 Å². The molecule has 1 aliphatic rings. The fourth-order valence-corrected chi connectivity index (χ4v) is 4.14. The first-order valence-electron chi connectivity index (χ1n) is 9.58. The molecule has 0 saturated heterocycles. The van der Waals surface area contributed by atoms with Gasteiger partial charge >= 0.3 is 0 Å². The first-order valence-corrected chi connectivity index (χ1v) is 9.95. The minimum atomic E-state index is -2.61. The summed E-state index contributed by atoms with van der Waals surface area (Å²) in [6, 6.07) is 1.49. The highest BCUT2D eigenvalue weighted by Crippen LogP contribution is 2.41. The van der Waals surface area contributed by atoms with Gasteiger partial charge in [-0.3, -0.25) is 0 Å². The minimum Gasteiger partial charge on any atom is -0.352 e. The Bertz CT molecular complexity index is 1150. The van der Waals surface area contributed by atoms with Gasteiger partial charge in [-0.15, -0.1) is 10.2 Å². The lowest BCUT2D eigenvalue weighted by molar-refractivity contribution is 0.147. The quantitative estimate of drug-likeness (QED) is 0.489. The maximum absolute atomic E-state index is 13.1. The van der Waals surface area contributed by atoms with Gasteiger partial charge in [0.05, 0.1) is 24.6 Å². The summed E-state index contributed by atoms with van der Waals surface area (Å²) in [6.07, 6.45) is 1.78. The van der Waals surface area contributed by atoms with E-state index in [0.717, 1.165) is 25.1 Å².